The number of non-ortho nitro benzene ring substituents is 1. The smallest absolute Gasteiger partial charge is 0.270 e. The van der Waals surface area contributed by atoms with E-state index in [1.165, 1.54) is 18.2 Å². The summed E-state index contributed by atoms with van der Waals surface area (Å²) in [7, 11) is 0. The second-order valence-corrected chi connectivity index (χ2v) is 4.92. The third-order valence-corrected chi connectivity index (χ3v) is 3.32. The summed E-state index contributed by atoms with van der Waals surface area (Å²) in [6.45, 7) is 0. The van der Waals surface area contributed by atoms with Crippen LogP contribution in [0.4, 0.5) is 5.69 Å². The predicted molar refractivity (Wildman–Crippen MR) is 74.3 cm³/mol. The molecule has 0 aliphatic heterocycles. The molecular formula is C13H6BrNO4. The average Bonchev–Trinajstić information content (AvgIpc) is 2.39. The van der Waals surface area contributed by atoms with E-state index in [9.17, 15) is 14.9 Å². The Bertz CT molecular complexity index is 885. The molecule has 0 fully saturated rings. The molecule has 94 valence electrons. The fourth-order valence-electron chi connectivity index (χ4n) is 1.93. The van der Waals surface area contributed by atoms with Crippen molar-refractivity contribution in [2.24, 2.45) is 0 Å². The van der Waals surface area contributed by atoms with E-state index in [0.29, 0.717) is 16.6 Å². The van der Waals surface area contributed by atoms with Crippen LogP contribution in [0.25, 0.3) is 21.9 Å². The van der Waals surface area contributed by atoms with Crippen molar-refractivity contribution in [3.05, 3.63) is 61.2 Å². The zero-order valence-electron chi connectivity index (χ0n) is 9.42. The highest BCUT2D eigenvalue weighted by molar-refractivity contribution is 9.10. The van der Waals surface area contributed by atoms with Gasteiger partial charge in [0.25, 0.3) is 5.69 Å². The number of nitro groups is 1. The number of fused-ring (bicyclic) bond motifs is 2. The van der Waals surface area contributed by atoms with Gasteiger partial charge < -0.3 is 4.42 Å². The number of benzene rings is 2. The van der Waals surface area contributed by atoms with E-state index in [2.05, 4.69) is 15.9 Å². The summed E-state index contributed by atoms with van der Waals surface area (Å²) in [6.07, 6.45) is 0. The molecule has 0 aliphatic carbocycles. The van der Waals surface area contributed by atoms with Crippen molar-refractivity contribution < 1.29 is 9.34 Å². The lowest BCUT2D eigenvalue weighted by Gasteiger charge is -2.01. The largest absolute Gasteiger partial charge is 0.456 e. The van der Waals surface area contributed by atoms with E-state index >= 15 is 0 Å². The zero-order valence-corrected chi connectivity index (χ0v) is 11.0. The number of hydrogen-bond acceptors (Lipinski definition) is 4. The number of nitrogens with zero attached hydrogens (tertiary/aromatic N) is 1. The van der Waals surface area contributed by atoms with Crippen molar-refractivity contribution in [2.45, 2.75) is 0 Å². The second-order valence-electron chi connectivity index (χ2n) is 4.01. The first kappa shape index (κ1) is 11.9. The third-order valence-electron chi connectivity index (χ3n) is 2.82. The minimum absolute atomic E-state index is 0.130. The first-order valence-corrected chi connectivity index (χ1v) is 6.16. The van der Waals surface area contributed by atoms with E-state index in [0.717, 1.165) is 4.47 Å². The molecule has 3 rings (SSSR count). The molecule has 0 saturated heterocycles. The highest BCUT2D eigenvalue weighted by atomic mass is 79.9. The molecule has 1 heterocycles. The number of rotatable bonds is 1. The van der Waals surface area contributed by atoms with E-state index in [1.807, 2.05) is 0 Å². The molecule has 1 aromatic heterocycles. The van der Waals surface area contributed by atoms with Gasteiger partial charge in [-0.05, 0) is 24.3 Å². The van der Waals surface area contributed by atoms with Gasteiger partial charge in [0.2, 0.25) is 5.43 Å². The quantitative estimate of drug-likeness (QED) is 0.390. The minimum atomic E-state index is -0.538. The van der Waals surface area contributed by atoms with Crippen LogP contribution in [-0.4, -0.2) is 4.92 Å². The van der Waals surface area contributed by atoms with E-state index in [4.69, 9.17) is 4.42 Å². The molecule has 5 nitrogen and oxygen atoms in total. The minimum Gasteiger partial charge on any atom is -0.456 e. The zero-order chi connectivity index (χ0) is 13.6. The van der Waals surface area contributed by atoms with Crippen LogP contribution in [0.15, 0.2) is 50.1 Å². The van der Waals surface area contributed by atoms with Crippen LogP contribution in [0, 0.1) is 10.1 Å². The molecule has 0 unspecified atom stereocenters. The second kappa shape index (κ2) is 4.17. The molecule has 0 atom stereocenters. The number of nitro benzene ring substituents is 1. The summed E-state index contributed by atoms with van der Waals surface area (Å²) in [5.74, 6) is 0. The van der Waals surface area contributed by atoms with Gasteiger partial charge in [0.05, 0.1) is 15.7 Å². The fourth-order valence-corrected chi connectivity index (χ4v) is 2.29. The summed E-state index contributed by atoms with van der Waals surface area (Å²) < 4.78 is 6.32. The Balaban J connectivity index is 2.48. The summed E-state index contributed by atoms with van der Waals surface area (Å²) in [6, 6.07) is 9.08. The van der Waals surface area contributed by atoms with Crippen molar-refractivity contribution in [2.75, 3.05) is 0 Å². The van der Waals surface area contributed by atoms with Crippen LogP contribution < -0.4 is 5.43 Å². The van der Waals surface area contributed by atoms with Crippen molar-refractivity contribution in [3.8, 4) is 0 Å². The number of hydrogen-bond donors (Lipinski definition) is 0. The average molecular weight is 320 g/mol. The summed E-state index contributed by atoms with van der Waals surface area (Å²) in [5, 5.41) is 11.3. The Morgan fingerprint density at radius 2 is 1.68 bits per heavy atom. The Hall–Kier alpha value is -2.21. The van der Waals surface area contributed by atoms with E-state index in [-0.39, 0.29) is 16.5 Å². The molecule has 19 heavy (non-hydrogen) atoms. The summed E-state index contributed by atoms with van der Waals surface area (Å²) >= 11 is 3.28. The molecule has 3 aromatic rings. The Morgan fingerprint density at radius 1 is 1.05 bits per heavy atom. The Morgan fingerprint density at radius 3 is 2.37 bits per heavy atom. The number of halogens is 1. The van der Waals surface area contributed by atoms with Crippen LogP contribution in [-0.2, 0) is 0 Å². The molecule has 0 bridgehead atoms. The van der Waals surface area contributed by atoms with Gasteiger partial charge in [0, 0.05) is 16.6 Å². The van der Waals surface area contributed by atoms with Crippen LogP contribution in [0.2, 0.25) is 0 Å². The molecule has 0 saturated carbocycles. The topological polar surface area (TPSA) is 73.3 Å². The molecular weight excluding hydrogens is 314 g/mol. The SMILES string of the molecule is O=c1c2cc(Br)ccc2oc2ccc([N+](=O)[O-])cc12. The van der Waals surface area contributed by atoms with Gasteiger partial charge in [0.1, 0.15) is 11.2 Å². The van der Waals surface area contributed by atoms with Crippen LogP contribution >= 0.6 is 15.9 Å². The summed E-state index contributed by atoms with van der Waals surface area (Å²) in [4.78, 5) is 22.5. The van der Waals surface area contributed by atoms with Crippen LogP contribution in [0.3, 0.4) is 0 Å². The van der Waals surface area contributed by atoms with E-state index in [1.54, 1.807) is 18.2 Å². The summed E-state index contributed by atoms with van der Waals surface area (Å²) in [5.41, 5.74) is 0.385. The van der Waals surface area contributed by atoms with Crippen LogP contribution in [0.5, 0.6) is 0 Å². The normalized spacial score (nSPS) is 11.0. The lowest BCUT2D eigenvalue weighted by molar-refractivity contribution is -0.384. The molecule has 0 radical (unpaired) electrons. The molecule has 0 spiro atoms. The third kappa shape index (κ3) is 1.90. The van der Waals surface area contributed by atoms with Gasteiger partial charge in [-0.2, -0.15) is 0 Å². The van der Waals surface area contributed by atoms with Crippen LogP contribution in [0.1, 0.15) is 0 Å². The van der Waals surface area contributed by atoms with Gasteiger partial charge >= 0.3 is 0 Å². The van der Waals surface area contributed by atoms with Gasteiger partial charge in [-0.1, -0.05) is 15.9 Å². The maximum atomic E-state index is 12.3. The Kier molecular flexibility index (Phi) is 2.60. The maximum absolute atomic E-state index is 12.3. The molecule has 0 amide bonds. The monoisotopic (exact) mass is 319 g/mol. The van der Waals surface area contributed by atoms with Gasteiger partial charge in [-0.3, -0.25) is 14.9 Å². The Labute approximate surface area is 114 Å². The molecule has 2 aromatic carbocycles. The lowest BCUT2D eigenvalue weighted by Crippen LogP contribution is -2.02. The first-order chi connectivity index (χ1) is 9.06. The predicted octanol–water partition coefficient (Wildman–Crippen LogP) is 3.62. The van der Waals surface area contributed by atoms with Gasteiger partial charge in [-0.25, -0.2) is 0 Å². The standard InChI is InChI=1S/C13H6BrNO4/c14-7-1-3-11-9(5-7)13(16)10-6-8(15(17)18)2-4-12(10)19-11/h1-6H. The van der Waals surface area contributed by atoms with Crippen molar-refractivity contribution in [3.63, 3.8) is 0 Å². The molecule has 6 heteroatoms. The van der Waals surface area contributed by atoms with Gasteiger partial charge in [0.15, 0.2) is 0 Å². The van der Waals surface area contributed by atoms with Gasteiger partial charge in [-0.15, -0.1) is 0 Å². The maximum Gasteiger partial charge on any atom is 0.270 e. The van der Waals surface area contributed by atoms with E-state index < -0.39 is 4.92 Å². The van der Waals surface area contributed by atoms with Crippen molar-refractivity contribution in [1.82, 2.24) is 0 Å². The fraction of sp³-hybridized carbons (Fsp3) is 0. The van der Waals surface area contributed by atoms with Crippen molar-refractivity contribution in [1.29, 1.82) is 0 Å². The lowest BCUT2D eigenvalue weighted by atomic mass is 10.1. The molecule has 0 aliphatic rings. The van der Waals surface area contributed by atoms with Crippen molar-refractivity contribution >= 4 is 43.6 Å². The first-order valence-electron chi connectivity index (χ1n) is 5.37. The molecule has 0 N–H and O–H groups in total. The highest BCUT2D eigenvalue weighted by Gasteiger charge is 2.12. The highest BCUT2D eigenvalue weighted by Crippen LogP contribution is 2.24.